The van der Waals surface area contributed by atoms with E-state index in [0.717, 1.165) is 6.07 Å². The lowest BCUT2D eigenvalue weighted by Crippen LogP contribution is -2.01. The number of nitrogens with one attached hydrogen (secondary N) is 1. The summed E-state index contributed by atoms with van der Waals surface area (Å²) < 4.78 is 41.4. The van der Waals surface area contributed by atoms with Gasteiger partial charge in [0.2, 0.25) is 0 Å². The fraction of sp³-hybridized carbons (Fsp3) is 0. The summed E-state index contributed by atoms with van der Waals surface area (Å²) in [5.41, 5.74) is 0.739. The van der Waals surface area contributed by atoms with Crippen molar-refractivity contribution in [3.63, 3.8) is 0 Å². The Morgan fingerprint density at radius 1 is 1.11 bits per heavy atom. The van der Waals surface area contributed by atoms with E-state index in [2.05, 4.69) is 9.97 Å². The van der Waals surface area contributed by atoms with Crippen molar-refractivity contribution in [1.29, 1.82) is 0 Å². The van der Waals surface area contributed by atoms with Gasteiger partial charge in [-0.25, -0.2) is 18.2 Å². The van der Waals surface area contributed by atoms with Crippen LogP contribution in [0.15, 0.2) is 30.5 Å². The van der Waals surface area contributed by atoms with Gasteiger partial charge in [0.1, 0.15) is 5.82 Å². The Morgan fingerprint density at radius 3 is 2.63 bits per heavy atom. The van der Waals surface area contributed by atoms with Crippen molar-refractivity contribution in [3.05, 3.63) is 52.7 Å². The minimum atomic E-state index is -1.25. The summed E-state index contributed by atoms with van der Waals surface area (Å²) in [4.78, 5) is 6.87. The number of hydrogen-bond donors (Lipinski definition) is 1. The van der Waals surface area contributed by atoms with Crippen LogP contribution in [-0.4, -0.2) is 14.5 Å². The maximum atomic E-state index is 13.8. The van der Waals surface area contributed by atoms with Gasteiger partial charge in [-0.05, 0) is 24.4 Å². The number of rotatable bonds is 1. The van der Waals surface area contributed by atoms with Crippen molar-refractivity contribution in [2.24, 2.45) is 0 Å². The standard InChI is InChI=1S/C12H6F3N3S/c13-6-4-8(15)10(5-7(6)14)18-11-9(17-12(18)19)2-1-3-16-11/h1-5H,(H,17,19). The number of H-pyrrole nitrogens is 1. The first-order chi connectivity index (χ1) is 9.08. The van der Waals surface area contributed by atoms with Gasteiger partial charge in [0.05, 0.1) is 11.2 Å². The van der Waals surface area contributed by atoms with Crippen molar-refractivity contribution >= 4 is 23.4 Å². The van der Waals surface area contributed by atoms with Crippen LogP contribution < -0.4 is 0 Å². The molecule has 0 atom stereocenters. The van der Waals surface area contributed by atoms with Crippen LogP contribution in [0.1, 0.15) is 0 Å². The molecular weight excluding hydrogens is 275 g/mol. The van der Waals surface area contributed by atoms with E-state index in [1.54, 1.807) is 12.1 Å². The molecule has 0 amide bonds. The molecule has 0 bridgehead atoms. The number of halogens is 3. The zero-order valence-electron chi connectivity index (χ0n) is 9.32. The highest BCUT2D eigenvalue weighted by Gasteiger charge is 2.15. The van der Waals surface area contributed by atoms with Crippen molar-refractivity contribution in [1.82, 2.24) is 14.5 Å². The third-order valence-electron chi connectivity index (χ3n) is 2.67. The third kappa shape index (κ3) is 1.82. The van der Waals surface area contributed by atoms with E-state index in [4.69, 9.17) is 12.2 Å². The van der Waals surface area contributed by atoms with Gasteiger partial charge in [0.15, 0.2) is 22.1 Å². The average Bonchev–Trinajstić information content (AvgIpc) is 2.70. The second-order valence-electron chi connectivity index (χ2n) is 3.86. The Morgan fingerprint density at radius 2 is 1.84 bits per heavy atom. The van der Waals surface area contributed by atoms with E-state index in [1.165, 1.54) is 10.8 Å². The van der Waals surface area contributed by atoms with Gasteiger partial charge in [0, 0.05) is 18.3 Å². The van der Waals surface area contributed by atoms with Crippen LogP contribution in [0.3, 0.4) is 0 Å². The minimum absolute atomic E-state index is 0.151. The molecule has 0 aliphatic rings. The lowest BCUT2D eigenvalue weighted by Gasteiger charge is -2.06. The Hall–Kier alpha value is -2.15. The molecule has 96 valence electrons. The van der Waals surface area contributed by atoms with Gasteiger partial charge in [-0.2, -0.15) is 0 Å². The van der Waals surface area contributed by atoms with Gasteiger partial charge >= 0.3 is 0 Å². The molecule has 0 unspecified atom stereocenters. The number of aromatic nitrogens is 3. The highest BCUT2D eigenvalue weighted by atomic mass is 32.1. The van der Waals surface area contributed by atoms with Crippen molar-refractivity contribution < 1.29 is 13.2 Å². The average molecular weight is 281 g/mol. The molecule has 0 aliphatic heterocycles. The number of pyridine rings is 1. The lowest BCUT2D eigenvalue weighted by atomic mass is 10.2. The number of fused-ring (bicyclic) bond motifs is 1. The normalized spacial score (nSPS) is 11.1. The fourth-order valence-corrected chi connectivity index (χ4v) is 2.14. The number of nitrogens with zero attached hydrogens (tertiary/aromatic N) is 2. The highest BCUT2D eigenvalue weighted by Crippen LogP contribution is 2.22. The fourth-order valence-electron chi connectivity index (χ4n) is 1.85. The number of hydrogen-bond acceptors (Lipinski definition) is 2. The van der Waals surface area contributed by atoms with Crippen LogP contribution in [-0.2, 0) is 0 Å². The predicted octanol–water partition coefficient (Wildman–Crippen LogP) is 3.50. The van der Waals surface area contributed by atoms with E-state index in [-0.39, 0.29) is 10.5 Å². The topological polar surface area (TPSA) is 33.6 Å². The molecule has 1 N–H and O–H groups in total. The largest absolute Gasteiger partial charge is 0.329 e. The molecule has 3 nitrogen and oxygen atoms in total. The van der Waals surface area contributed by atoms with Crippen molar-refractivity contribution in [2.45, 2.75) is 0 Å². The molecule has 0 saturated carbocycles. The molecular formula is C12H6F3N3S. The molecule has 1 aromatic carbocycles. The van der Waals surface area contributed by atoms with Crippen LogP contribution in [0.4, 0.5) is 13.2 Å². The number of benzene rings is 1. The summed E-state index contributed by atoms with van der Waals surface area (Å²) >= 11 is 5.06. The summed E-state index contributed by atoms with van der Waals surface area (Å²) in [7, 11) is 0. The molecule has 0 radical (unpaired) electrons. The Kier molecular flexibility index (Phi) is 2.63. The molecule has 7 heteroatoms. The first kappa shape index (κ1) is 11.9. The lowest BCUT2D eigenvalue weighted by molar-refractivity contribution is 0.493. The quantitative estimate of drug-likeness (QED) is 0.547. The molecule has 0 fully saturated rings. The van der Waals surface area contributed by atoms with E-state index in [9.17, 15) is 13.2 Å². The first-order valence-corrected chi connectivity index (χ1v) is 5.69. The SMILES string of the molecule is Fc1cc(F)c(-n2c(=S)[nH]c3cccnc32)cc1F. The summed E-state index contributed by atoms with van der Waals surface area (Å²) in [6.45, 7) is 0. The Bertz CT molecular complexity index is 838. The summed E-state index contributed by atoms with van der Waals surface area (Å²) in [6, 6.07) is 4.61. The Labute approximate surface area is 110 Å². The van der Waals surface area contributed by atoms with E-state index in [1.807, 2.05) is 0 Å². The van der Waals surface area contributed by atoms with Crippen molar-refractivity contribution in [2.75, 3.05) is 0 Å². The number of aromatic amines is 1. The molecule has 19 heavy (non-hydrogen) atoms. The van der Waals surface area contributed by atoms with Crippen LogP contribution in [0, 0.1) is 22.2 Å². The molecule has 0 aliphatic carbocycles. The van der Waals surface area contributed by atoms with Crippen LogP contribution in [0.25, 0.3) is 16.9 Å². The maximum absolute atomic E-state index is 13.8. The molecule has 2 aromatic heterocycles. The molecule has 3 aromatic rings. The Balaban J connectivity index is 2.40. The summed E-state index contributed by atoms with van der Waals surface area (Å²) in [6.07, 6.45) is 1.50. The molecule has 3 rings (SSSR count). The highest BCUT2D eigenvalue weighted by molar-refractivity contribution is 7.71. The van der Waals surface area contributed by atoms with Crippen molar-refractivity contribution in [3.8, 4) is 5.69 Å². The van der Waals surface area contributed by atoms with E-state index >= 15 is 0 Å². The molecule has 0 saturated heterocycles. The maximum Gasteiger partial charge on any atom is 0.184 e. The van der Waals surface area contributed by atoms with Gasteiger partial charge < -0.3 is 4.98 Å². The van der Waals surface area contributed by atoms with Gasteiger partial charge in [-0.15, -0.1) is 0 Å². The first-order valence-electron chi connectivity index (χ1n) is 5.28. The predicted molar refractivity (Wildman–Crippen MR) is 66.1 cm³/mol. The molecule has 2 heterocycles. The van der Waals surface area contributed by atoms with Crippen LogP contribution in [0.2, 0.25) is 0 Å². The number of imidazole rings is 1. The zero-order valence-corrected chi connectivity index (χ0v) is 10.1. The summed E-state index contributed by atoms with van der Waals surface area (Å²) in [5, 5.41) is 0. The second kappa shape index (κ2) is 4.20. The van der Waals surface area contributed by atoms with E-state index in [0.29, 0.717) is 17.2 Å². The zero-order chi connectivity index (χ0) is 13.6. The van der Waals surface area contributed by atoms with Gasteiger partial charge in [0.25, 0.3) is 0 Å². The van der Waals surface area contributed by atoms with Crippen LogP contribution >= 0.6 is 12.2 Å². The third-order valence-corrected chi connectivity index (χ3v) is 2.96. The summed E-state index contributed by atoms with van der Waals surface area (Å²) in [5.74, 6) is -3.31. The second-order valence-corrected chi connectivity index (χ2v) is 4.24. The van der Waals surface area contributed by atoms with E-state index < -0.39 is 17.5 Å². The van der Waals surface area contributed by atoms with Gasteiger partial charge in [-0.1, -0.05) is 0 Å². The van der Waals surface area contributed by atoms with Gasteiger partial charge in [-0.3, -0.25) is 4.57 Å². The monoisotopic (exact) mass is 281 g/mol. The minimum Gasteiger partial charge on any atom is -0.329 e. The van der Waals surface area contributed by atoms with Crippen LogP contribution in [0.5, 0.6) is 0 Å². The smallest absolute Gasteiger partial charge is 0.184 e. The molecule has 0 spiro atoms.